The number of amides is 1. The Balaban J connectivity index is 3.23. The van der Waals surface area contributed by atoms with Crippen LogP contribution in [0.5, 0.6) is 0 Å². The van der Waals surface area contributed by atoms with Crippen LogP contribution in [-0.4, -0.2) is 33.7 Å². The highest BCUT2D eigenvalue weighted by atomic mass is 32.2. The minimum absolute atomic E-state index is 0.0586. The molecule has 0 aliphatic rings. The van der Waals surface area contributed by atoms with Gasteiger partial charge in [-0.05, 0) is 26.0 Å². The Morgan fingerprint density at radius 2 is 1.65 bits per heavy atom. The van der Waals surface area contributed by atoms with Crippen LogP contribution in [0, 0.1) is 0 Å². The van der Waals surface area contributed by atoms with E-state index in [0.29, 0.717) is 0 Å². The fraction of sp³-hybridized carbons (Fsp3) is 0.364. The largest absolute Gasteiger partial charge is 0.324 e. The lowest BCUT2D eigenvalue weighted by atomic mass is 10.2. The fourth-order valence-electron chi connectivity index (χ4n) is 1.26. The molecular formula is C11H16N2O5S2. The number of hydrogen-bond donors (Lipinski definition) is 2. The van der Waals surface area contributed by atoms with Crippen molar-refractivity contribution in [2.24, 2.45) is 5.14 Å². The summed E-state index contributed by atoms with van der Waals surface area (Å²) < 4.78 is 44.2. The number of nitrogens with two attached hydrogens (primary N) is 1. The average Bonchev–Trinajstić information content (AvgIpc) is 2.26. The first kappa shape index (κ1) is 16.6. The predicted molar refractivity (Wildman–Crippen MR) is 75.4 cm³/mol. The topological polar surface area (TPSA) is 123 Å². The van der Waals surface area contributed by atoms with Crippen LogP contribution in [0.4, 0.5) is 5.69 Å². The van der Waals surface area contributed by atoms with Crippen molar-refractivity contribution in [3.63, 3.8) is 0 Å². The molecule has 1 amide bonds. The maximum atomic E-state index is 12.0. The summed E-state index contributed by atoms with van der Waals surface area (Å²) in [7, 11) is -7.69. The second kappa shape index (κ2) is 5.15. The van der Waals surface area contributed by atoms with Gasteiger partial charge in [0.05, 0.1) is 5.69 Å². The van der Waals surface area contributed by atoms with Gasteiger partial charge in [0.2, 0.25) is 15.9 Å². The maximum absolute atomic E-state index is 12.0. The first-order chi connectivity index (χ1) is 8.87. The second-order valence-electron chi connectivity index (χ2n) is 4.78. The summed E-state index contributed by atoms with van der Waals surface area (Å²) in [6, 6.07) is 5.49. The van der Waals surface area contributed by atoms with Crippen LogP contribution in [0.25, 0.3) is 0 Å². The molecule has 20 heavy (non-hydrogen) atoms. The van der Waals surface area contributed by atoms with Crippen LogP contribution < -0.4 is 10.5 Å². The second-order valence-corrected chi connectivity index (χ2v) is 8.87. The molecule has 3 N–H and O–H groups in total. The number of hydrogen-bond acceptors (Lipinski definition) is 5. The van der Waals surface area contributed by atoms with Gasteiger partial charge in [0.1, 0.15) is 9.64 Å². The zero-order valence-corrected chi connectivity index (χ0v) is 12.9. The third-order valence-electron chi connectivity index (χ3n) is 2.92. The van der Waals surface area contributed by atoms with E-state index in [2.05, 4.69) is 5.32 Å². The minimum Gasteiger partial charge on any atom is -0.324 e. The summed E-state index contributed by atoms with van der Waals surface area (Å²) in [6.45, 7) is 2.47. The Labute approximate surface area is 118 Å². The molecule has 0 aliphatic heterocycles. The van der Waals surface area contributed by atoms with E-state index in [1.807, 2.05) is 0 Å². The molecule has 1 aromatic rings. The SMILES string of the molecule is CC(C)(C(=O)Nc1ccccc1S(N)(=O)=O)S(C)(=O)=O. The summed E-state index contributed by atoms with van der Waals surface area (Å²) in [4.78, 5) is 11.8. The van der Waals surface area contributed by atoms with E-state index in [1.54, 1.807) is 0 Å². The summed E-state index contributed by atoms with van der Waals surface area (Å²) >= 11 is 0. The van der Waals surface area contributed by atoms with Crippen molar-refractivity contribution in [2.75, 3.05) is 11.6 Å². The predicted octanol–water partition coefficient (Wildman–Crippen LogP) is 0.0957. The molecule has 0 atom stereocenters. The van der Waals surface area contributed by atoms with Crippen LogP contribution in [0.15, 0.2) is 29.2 Å². The van der Waals surface area contributed by atoms with Crippen LogP contribution in [0.2, 0.25) is 0 Å². The molecule has 112 valence electrons. The molecular weight excluding hydrogens is 304 g/mol. The van der Waals surface area contributed by atoms with E-state index in [9.17, 15) is 21.6 Å². The molecule has 0 heterocycles. The quantitative estimate of drug-likeness (QED) is 0.814. The molecule has 0 fully saturated rings. The number of carbonyl (C=O) groups is 1. The van der Waals surface area contributed by atoms with Gasteiger partial charge >= 0.3 is 0 Å². The Bertz CT molecular complexity index is 736. The smallest absolute Gasteiger partial charge is 0.245 e. The standard InChI is InChI=1S/C11H16N2O5S2/c1-11(2,19(3,15)16)10(14)13-8-6-4-5-7-9(8)20(12,17)18/h4-7H,1-3H3,(H,13,14)(H2,12,17,18). The minimum atomic E-state index is -4.02. The van der Waals surface area contributed by atoms with Gasteiger partial charge in [-0.15, -0.1) is 0 Å². The molecule has 0 aromatic heterocycles. The van der Waals surface area contributed by atoms with Gasteiger partial charge < -0.3 is 5.32 Å². The summed E-state index contributed by atoms with van der Waals surface area (Å²) in [5.74, 6) is -0.837. The molecule has 0 saturated carbocycles. The number of sulfone groups is 1. The Morgan fingerprint density at radius 3 is 2.10 bits per heavy atom. The zero-order chi connectivity index (χ0) is 15.8. The van der Waals surface area contributed by atoms with Crippen molar-refractivity contribution in [3.8, 4) is 0 Å². The summed E-state index contributed by atoms with van der Waals surface area (Å²) in [5, 5.41) is 7.32. The van der Waals surface area contributed by atoms with Crippen molar-refractivity contribution in [3.05, 3.63) is 24.3 Å². The van der Waals surface area contributed by atoms with Crippen molar-refractivity contribution >= 4 is 31.5 Å². The molecule has 0 unspecified atom stereocenters. The van der Waals surface area contributed by atoms with Gasteiger partial charge in [-0.25, -0.2) is 22.0 Å². The molecule has 0 bridgehead atoms. The summed E-state index contributed by atoms with van der Waals surface area (Å²) in [6.07, 6.45) is 0.929. The van der Waals surface area contributed by atoms with E-state index < -0.39 is 30.5 Å². The molecule has 0 radical (unpaired) electrons. The highest BCUT2D eigenvalue weighted by Crippen LogP contribution is 2.23. The number of primary sulfonamides is 1. The van der Waals surface area contributed by atoms with E-state index in [1.165, 1.54) is 38.1 Å². The first-order valence-corrected chi connectivity index (χ1v) is 8.94. The van der Waals surface area contributed by atoms with Crippen LogP contribution in [0.3, 0.4) is 0 Å². The molecule has 0 aliphatic carbocycles. The monoisotopic (exact) mass is 320 g/mol. The van der Waals surface area contributed by atoms with E-state index in [4.69, 9.17) is 5.14 Å². The van der Waals surface area contributed by atoms with Gasteiger partial charge in [0, 0.05) is 6.26 Å². The van der Waals surface area contributed by atoms with Crippen LogP contribution in [-0.2, 0) is 24.7 Å². The fourth-order valence-corrected chi connectivity index (χ4v) is 2.34. The van der Waals surface area contributed by atoms with Crippen LogP contribution in [0.1, 0.15) is 13.8 Å². The molecule has 9 heteroatoms. The maximum Gasteiger partial charge on any atom is 0.245 e. The third-order valence-corrected chi connectivity index (χ3v) is 5.92. The van der Waals surface area contributed by atoms with Gasteiger partial charge in [-0.3, -0.25) is 4.79 Å². The van der Waals surface area contributed by atoms with E-state index >= 15 is 0 Å². The summed E-state index contributed by atoms with van der Waals surface area (Å²) in [5.41, 5.74) is -0.0586. The number of anilines is 1. The number of benzene rings is 1. The molecule has 1 rings (SSSR count). The number of rotatable bonds is 4. The lowest BCUT2D eigenvalue weighted by molar-refractivity contribution is -0.117. The Hall–Kier alpha value is -1.45. The van der Waals surface area contributed by atoms with Gasteiger partial charge in [-0.1, -0.05) is 12.1 Å². The zero-order valence-electron chi connectivity index (χ0n) is 11.2. The van der Waals surface area contributed by atoms with Crippen molar-refractivity contribution in [1.82, 2.24) is 0 Å². The van der Waals surface area contributed by atoms with Crippen molar-refractivity contribution < 1.29 is 21.6 Å². The molecule has 7 nitrogen and oxygen atoms in total. The lowest BCUT2D eigenvalue weighted by Crippen LogP contribution is -2.44. The number of para-hydroxylation sites is 1. The lowest BCUT2D eigenvalue weighted by Gasteiger charge is -2.22. The van der Waals surface area contributed by atoms with E-state index in [-0.39, 0.29) is 10.6 Å². The average molecular weight is 320 g/mol. The Morgan fingerprint density at radius 1 is 1.15 bits per heavy atom. The van der Waals surface area contributed by atoms with Crippen LogP contribution >= 0.6 is 0 Å². The Kier molecular flexibility index (Phi) is 4.28. The number of nitrogens with one attached hydrogen (secondary N) is 1. The normalized spacial score (nSPS) is 13.0. The number of sulfonamides is 1. The molecule has 0 spiro atoms. The first-order valence-electron chi connectivity index (χ1n) is 5.50. The van der Waals surface area contributed by atoms with Crippen molar-refractivity contribution in [2.45, 2.75) is 23.5 Å². The van der Waals surface area contributed by atoms with Crippen molar-refractivity contribution in [1.29, 1.82) is 0 Å². The van der Waals surface area contributed by atoms with Gasteiger partial charge in [0.25, 0.3) is 0 Å². The molecule has 1 aromatic carbocycles. The highest BCUT2D eigenvalue weighted by Gasteiger charge is 2.38. The van der Waals surface area contributed by atoms with Gasteiger partial charge in [-0.2, -0.15) is 0 Å². The van der Waals surface area contributed by atoms with E-state index in [0.717, 1.165) is 6.26 Å². The number of carbonyl (C=O) groups excluding carboxylic acids is 1. The highest BCUT2D eigenvalue weighted by molar-refractivity contribution is 7.92. The third kappa shape index (κ3) is 3.35. The molecule has 0 saturated heterocycles. The van der Waals surface area contributed by atoms with Gasteiger partial charge in [0.15, 0.2) is 9.84 Å².